The highest BCUT2D eigenvalue weighted by Crippen LogP contribution is 2.67. The largest absolute Gasteiger partial charge is 0.393 e. The Bertz CT molecular complexity index is 671. The molecule has 4 aliphatic rings. The standard InChI is InChI=1S/C28H48O2/c1-25(2,3)24(29)9-7-8-19-11-13-22-21-12-10-20-18-26(4,30)16-17-28(20,6)23(21)14-15-27(19,22)5/h10,19,21-24,29-30H,7-9,11-18H2,1-6H3/t19-,21?,22?,23?,24?,26-,27?,28?/m0/s1. The van der Waals surface area contributed by atoms with Crippen LogP contribution in [0.5, 0.6) is 0 Å². The van der Waals surface area contributed by atoms with Crippen molar-refractivity contribution in [2.45, 2.75) is 124 Å². The van der Waals surface area contributed by atoms with E-state index in [9.17, 15) is 10.2 Å². The van der Waals surface area contributed by atoms with E-state index in [-0.39, 0.29) is 11.5 Å². The summed E-state index contributed by atoms with van der Waals surface area (Å²) in [5.74, 6) is 3.41. The van der Waals surface area contributed by atoms with E-state index in [1.54, 1.807) is 5.57 Å². The molecule has 0 radical (unpaired) electrons. The zero-order chi connectivity index (χ0) is 21.9. The Hall–Kier alpha value is -0.340. The van der Waals surface area contributed by atoms with Crippen LogP contribution in [0.25, 0.3) is 0 Å². The Morgan fingerprint density at radius 3 is 2.47 bits per heavy atom. The molecule has 0 spiro atoms. The molecule has 8 atom stereocenters. The fourth-order valence-electron chi connectivity index (χ4n) is 8.38. The first-order valence-corrected chi connectivity index (χ1v) is 13.0. The molecule has 4 rings (SSSR count). The third-order valence-corrected chi connectivity index (χ3v) is 10.6. The second kappa shape index (κ2) is 7.62. The maximum atomic E-state index is 10.7. The number of rotatable bonds is 4. The Kier molecular flexibility index (Phi) is 5.80. The summed E-state index contributed by atoms with van der Waals surface area (Å²) >= 11 is 0. The fourth-order valence-corrected chi connectivity index (χ4v) is 8.38. The van der Waals surface area contributed by atoms with Gasteiger partial charge in [-0.1, -0.05) is 52.7 Å². The van der Waals surface area contributed by atoms with Crippen molar-refractivity contribution in [3.8, 4) is 0 Å². The van der Waals surface area contributed by atoms with E-state index in [1.165, 1.54) is 51.4 Å². The minimum atomic E-state index is -0.489. The first kappa shape index (κ1) is 22.8. The smallest absolute Gasteiger partial charge is 0.0657 e. The van der Waals surface area contributed by atoms with E-state index < -0.39 is 5.60 Å². The van der Waals surface area contributed by atoms with Gasteiger partial charge in [0.1, 0.15) is 0 Å². The summed E-state index contributed by atoms with van der Waals surface area (Å²) in [4.78, 5) is 0. The predicted octanol–water partition coefficient (Wildman–Crippen LogP) is 6.89. The highest BCUT2D eigenvalue weighted by Gasteiger charge is 2.58. The van der Waals surface area contributed by atoms with Gasteiger partial charge in [0.05, 0.1) is 11.7 Å². The summed E-state index contributed by atoms with van der Waals surface area (Å²) in [6, 6.07) is 0. The molecule has 3 fully saturated rings. The Morgan fingerprint density at radius 2 is 1.77 bits per heavy atom. The molecule has 0 aromatic heterocycles. The molecule has 30 heavy (non-hydrogen) atoms. The van der Waals surface area contributed by atoms with Gasteiger partial charge in [0.15, 0.2) is 0 Å². The van der Waals surface area contributed by atoms with Crippen LogP contribution in [-0.4, -0.2) is 21.9 Å². The van der Waals surface area contributed by atoms with E-state index >= 15 is 0 Å². The monoisotopic (exact) mass is 416 g/mol. The lowest BCUT2D eigenvalue weighted by Crippen LogP contribution is -2.51. The van der Waals surface area contributed by atoms with Crippen LogP contribution in [0.4, 0.5) is 0 Å². The lowest BCUT2D eigenvalue weighted by molar-refractivity contribution is -0.0664. The average molecular weight is 417 g/mol. The molecule has 6 unspecified atom stereocenters. The van der Waals surface area contributed by atoms with Crippen molar-refractivity contribution in [2.75, 3.05) is 0 Å². The van der Waals surface area contributed by atoms with Crippen molar-refractivity contribution in [1.29, 1.82) is 0 Å². The maximum Gasteiger partial charge on any atom is 0.0657 e. The number of allylic oxidation sites excluding steroid dienone is 1. The zero-order valence-electron chi connectivity index (χ0n) is 20.6. The van der Waals surface area contributed by atoms with Gasteiger partial charge >= 0.3 is 0 Å². The highest BCUT2D eigenvalue weighted by molar-refractivity contribution is 5.26. The van der Waals surface area contributed by atoms with Gasteiger partial charge in [-0.25, -0.2) is 0 Å². The average Bonchev–Trinajstić information content (AvgIpc) is 2.98. The van der Waals surface area contributed by atoms with Crippen molar-refractivity contribution in [3.63, 3.8) is 0 Å². The predicted molar refractivity (Wildman–Crippen MR) is 125 cm³/mol. The quantitative estimate of drug-likeness (QED) is 0.490. The second-order valence-electron chi connectivity index (χ2n) is 13.6. The number of hydrogen-bond donors (Lipinski definition) is 2. The molecule has 2 heteroatoms. The van der Waals surface area contributed by atoms with Gasteiger partial charge in [0.25, 0.3) is 0 Å². The molecule has 172 valence electrons. The first-order valence-electron chi connectivity index (χ1n) is 13.0. The van der Waals surface area contributed by atoms with Crippen molar-refractivity contribution in [3.05, 3.63) is 11.6 Å². The fraction of sp³-hybridized carbons (Fsp3) is 0.929. The molecule has 2 nitrogen and oxygen atoms in total. The lowest BCUT2D eigenvalue weighted by atomic mass is 9.46. The van der Waals surface area contributed by atoms with Gasteiger partial charge in [-0.15, -0.1) is 0 Å². The van der Waals surface area contributed by atoms with Gasteiger partial charge in [0.2, 0.25) is 0 Å². The van der Waals surface area contributed by atoms with Crippen LogP contribution in [0.2, 0.25) is 0 Å². The zero-order valence-corrected chi connectivity index (χ0v) is 20.6. The summed E-state index contributed by atoms with van der Waals surface area (Å²) < 4.78 is 0. The van der Waals surface area contributed by atoms with Crippen LogP contribution in [-0.2, 0) is 0 Å². The van der Waals surface area contributed by atoms with Gasteiger partial charge in [-0.2, -0.15) is 0 Å². The Balaban J connectivity index is 1.44. The van der Waals surface area contributed by atoms with Gasteiger partial charge in [-0.05, 0) is 111 Å². The van der Waals surface area contributed by atoms with Gasteiger partial charge in [0, 0.05) is 0 Å². The maximum absolute atomic E-state index is 10.7. The molecule has 0 aliphatic heterocycles. The summed E-state index contributed by atoms with van der Waals surface area (Å²) in [6.07, 6.45) is 15.7. The van der Waals surface area contributed by atoms with Gasteiger partial charge < -0.3 is 10.2 Å². The third-order valence-electron chi connectivity index (χ3n) is 10.6. The van der Waals surface area contributed by atoms with Crippen LogP contribution < -0.4 is 0 Å². The lowest BCUT2D eigenvalue weighted by Gasteiger charge is -2.59. The molecule has 0 bridgehead atoms. The summed E-state index contributed by atoms with van der Waals surface area (Å²) in [6.45, 7) is 13.7. The van der Waals surface area contributed by atoms with Crippen LogP contribution in [0.15, 0.2) is 11.6 Å². The molecule has 4 aliphatic carbocycles. The van der Waals surface area contributed by atoms with Gasteiger partial charge in [-0.3, -0.25) is 0 Å². The van der Waals surface area contributed by atoms with E-state index in [1.807, 2.05) is 6.92 Å². The minimum absolute atomic E-state index is 0.00635. The molecular formula is C28H48O2. The first-order chi connectivity index (χ1) is 13.9. The molecule has 0 aromatic rings. The van der Waals surface area contributed by atoms with Crippen LogP contribution >= 0.6 is 0 Å². The van der Waals surface area contributed by atoms with Crippen LogP contribution in [0, 0.1) is 39.9 Å². The van der Waals surface area contributed by atoms with E-state index in [2.05, 4.69) is 40.7 Å². The Labute approximate surface area is 185 Å². The normalized spacial score (nSPS) is 47.1. The topological polar surface area (TPSA) is 40.5 Å². The minimum Gasteiger partial charge on any atom is -0.393 e. The molecule has 0 heterocycles. The van der Waals surface area contributed by atoms with Crippen LogP contribution in [0.1, 0.15) is 112 Å². The summed E-state index contributed by atoms with van der Waals surface area (Å²) in [5.41, 5.74) is 1.94. The highest BCUT2D eigenvalue weighted by atomic mass is 16.3. The van der Waals surface area contributed by atoms with Crippen molar-refractivity contribution >= 4 is 0 Å². The third kappa shape index (κ3) is 3.83. The number of fused-ring (bicyclic) bond motifs is 5. The molecule has 2 N–H and O–H groups in total. The van der Waals surface area contributed by atoms with Crippen molar-refractivity contribution in [1.82, 2.24) is 0 Å². The van der Waals surface area contributed by atoms with E-state index in [0.29, 0.717) is 10.8 Å². The van der Waals surface area contributed by atoms with E-state index in [0.717, 1.165) is 42.9 Å². The molecule has 3 saturated carbocycles. The SMILES string of the molecule is CC(C)(C)C(O)CCC[C@H]1CCC2C3CC=C4C[C@@](C)(O)CCC4(C)C3CCC21C. The number of aliphatic hydroxyl groups is 2. The summed E-state index contributed by atoms with van der Waals surface area (Å²) in [7, 11) is 0. The van der Waals surface area contributed by atoms with Crippen LogP contribution in [0.3, 0.4) is 0 Å². The number of aliphatic hydroxyl groups excluding tert-OH is 1. The van der Waals surface area contributed by atoms with Crippen molar-refractivity contribution < 1.29 is 10.2 Å². The van der Waals surface area contributed by atoms with Crippen molar-refractivity contribution in [2.24, 2.45) is 39.9 Å². The Morgan fingerprint density at radius 1 is 1.03 bits per heavy atom. The molecule has 0 aromatic carbocycles. The number of hydrogen-bond acceptors (Lipinski definition) is 2. The second-order valence-corrected chi connectivity index (χ2v) is 13.6. The summed E-state index contributed by atoms with van der Waals surface area (Å²) in [5, 5.41) is 21.1. The molecular weight excluding hydrogens is 368 g/mol. The molecule has 0 amide bonds. The van der Waals surface area contributed by atoms with E-state index in [4.69, 9.17) is 0 Å². The molecule has 0 saturated heterocycles.